The second-order valence-corrected chi connectivity index (χ2v) is 19.6. The number of hydrogen-bond donors (Lipinski definition) is 0. The van der Waals surface area contributed by atoms with Gasteiger partial charge in [0.1, 0.15) is 0 Å². The Bertz CT molecular complexity index is 1110. The Labute approximate surface area is 203 Å². The molecule has 0 unspecified atom stereocenters. The maximum Gasteiger partial charge on any atom is 0.512 e. The van der Waals surface area contributed by atoms with Gasteiger partial charge in [0.15, 0.2) is 8.24 Å². The Morgan fingerprint density at radius 1 is 0.914 bits per heavy atom. The molecule has 0 aliphatic heterocycles. The first-order valence-corrected chi connectivity index (χ1v) is 17.0. The number of sulfonamides is 2. The summed E-state index contributed by atoms with van der Waals surface area (Å²) in [4.78, 5) is 0. The van der Waals surface area contributed by atoms with E-state index in [1.165, 1.54) is 0 Å². The molecule has 0 aromatic heterocycles. The number of rotatable bonds is 7. The van der Waals surface area contributed by atoms with E-state index in [-0.39, 0.29) is 23.7 Å². The van der Waals surface area contributed by atoms with Crippen molar-refractivity contribution in [3.8, 4) is 0 Å². The van der Waals surface area contributed by atoms with Gasteiger partial charge in [0, 0.05) is 0 Å². The van der Waals surface area contributed by atoms with E-state index in [4.69, 9.17) is 0 Å². The van der Waals surface area contributed by atoms with E-state index in [2.05, 4.69) is 0 Å². The molecule has 0 saturated heterocycles. The Morgan fingerprint density at radius 2 is 1.40 bits per heavy atom. The third kappa shape index (κ3) is 4.68. The number of hydrogen-bond acceptors (Lipinski definition) is 4. The van der Waals surface area contributed by atoms with Crippen LogP contribution in [-0.2, 0) is 26.5 Å². The molecule has 4 atom stereocenters. The Kier molecular flexibility index (Phi) is 7.09. The molecule has 3 fully saturated rings. The normalized spacial score (nSPS) is 27.5. The molecular formula is C21H29F6NO4S2Si. The summed E-state index contributed by atoms with van der Waals surface area (Å²) in [5, 5.41) is 0. The van der Waals surface area contributed by atoms with Gasteiger partial charge < -0.3 is 0 Å². The molecule has 4 rings (SSSR count). The van der Waals surface area contributed by atoms with Crippen LogP contribution < -0.4 is 0 Å². The summed E-state index contributed by atoms with van der Waals surface area (Å²) in [7, 11) is -18.1. The molecular weight excluding hydrogens is 536 g/mol. The predicted octanol–water partition coefficient (Wildman–Crippen LogP) is 5.88. The molecule has 1 aromatic carbocycles. The number of benzene rings is 1. The SMILES string of the molecule is CC1(C)[C@H]2C[C@@H]([Si](C)(C)N(S(=O)(=O)C(F)(F)F)S(=O)(=O)C(F)(F)F)[C@@H](CCc3ccccc3)[C@@H]1C2. The van der Waals surface area contributed by atoms with Gasteiger partial charge in [0.05, 0.1) is 0 Å². The molecule has 14 heteroatoms. The number of alkyl halides is 6. The van der Waals surface area contributed by atoms with Crippen LogP contribution in [0.25, 0.3) is 0 Å². The Balaban J connectivity index is 2.11. The number of nitrogens with zero attached hydrogens (tertiary/aromatic N) is 1. The van der Waals surface area contributed by atoms with Crippen LogP contribution in [0.1, 0.15) is 38.7 Å². The fourth-order valence-corrected chi connectivity index (χ4v) is 17.1. The van der Waals surface area contributed by atoms with Gasteiger partial charge in [-0.3, -0.25) is 0 Å². The Hall–Kier alpha value is -1.12. The van der Waals surface area contributed by atoms with Crippen molar-refractivity contribution in [2.24, 2.45) is 23.2 Å². The van der Waals surface area contributed by atoms with E-state index >= 15 is 0 Å². The molecule has 0 N–H and O–H groups in total. The topological polar surface area (TPSA) is 71.5 Å². The van der Waals surface area contributed by atoms with E-state index < -0.39 is 54.1 Å². The third-order valence-electron chi connectivity index (χ3n) is 8.13. The van der Waals surface area contributed by atoms with Crippen molar-refractivity contribution in [3.63, 3.8) is 0 Å². The average Bonchev–Trinajstić information content (AvgIpc) is 2.70. The van der Waals surface area contributed by atoms with Crippen molar-refractivity contribution >= 4 is 28.3 Å². The summed E-state index contributed by atoms with van der Waals surface area (Å²) in [6.07, 6.45) is 1.80. The van der Waals surface area contributed by atoms with Crippen molar-refractivity contribution < 1.29 is 43.2 Å². The summed E-state index contributed by atoms with van der Waals surface area (Å²) in [6, 6.07) is 9.13. The fraction of sp³-hybridized carbons (Fsp3) is 0.714. The van der Waals surface area contributed by atoms with E-state index in [0.717, 1.165) is 25.1 Å². The quantitative estimate of drug-likeness (QED) is 0.306. The van der Waals surface area contributed by atoms with Gasteiger partial charge in [0.2, 0.25) is 0 Å². The van der Waals surface area contributed by atoms with Gasteiger partial charge >= 0.3 is 31.1 Å². The lowest BCUT2D eigenvalue weighted by atomic mass is 9.45. The minimum Gasteiger partial charge on any atom is -0.202 e. The molecule has 2 bridgehead atoms. The second-order valence-electron chi connectivity index (χ2n) is 10.6. The van der Waals surface area contributed by atoms with Crippen molar-refractivity contribution in [2.75, 3.05) is 0 Å². The van der Waals surface area contributed by atoms with Crippen LogP contribution >= 0.6 is 0 Å². The van der Waals surface area contributed by atoms with Crippen LogP contribution in [0.5, 0.6) is 0 Å². The summed E-state index contributed by atoms with van der Waals surface area (Å²) >= 11 is 0. The number of halogens is 6. The van der Waals surface area contributed by atoms with Gasteiger partial charge in [-0.25, -0.2) is 16.8 Å². The zero-order chi connectivity index (χ0) is 26.8. The molecule has 0 radical (unpaired) electrons. The standard InChI is InChI=1S/C21H29F6NO4S2Si/c1-19(2)15-12-17(19)16(11-10-14-8-6-5-7-9-14)18(13-15)35(3,4)28(33(29,30)20(22,23)24)34(31,32)21(25,26)27/h5-9,15-18H,10-13H2,1-4H3/t15-,16+,17+,18-/m1/s1. The lowest BCUT2D eigenvalue weighted by Gasteiger charge is -2.65. The predicted molar refractivity (Wildman–Crippen MR) is 121 cm³/mol. The average molecular weight is 566 g/mol. The second kappa shape index (κ2) is 8.73. The highest BCUT2D eigenvalue weighted by Gasteiger charge is 2.70. The zero-order valence-electron chi connectivity index (χ0n) is 19.7. The van der Waals surface area contributed by atoms with Crippen molar-refractivity contribution in [3.05, 3.63) is 35.9 Å². The van der Waals surface area contributed by atoms with E-state index in [1.54, 1.807) is 0 Å². The van der Waals surface area contributed by atoms with Crippen molar-refractivity contribution in [1.29, 1.82) is 0 Å². The van der Waals surface area contributed by atoms with Gasteiger partial charge in [-0.1, -0.05) is 57.3 Å². The minimum absolute atomic E-state index is 0.0405. The first-order chi connectivity index (χ1) is 15.7. The smallest absolute Gasteiger partial charge is 0.202 e. The third-order valence-corrected chi connectivity index (χ3v) is 19.0. The number of aryl methyl sites for hydroxylation is 1. The van der Waals surface area contributed by atoms with Gasteiger partial charge in [-0.2, -0.15) is 26.3 Å². The number of fused-ring (bicyclic) bond motifs is 2. The molecule has 1 aromatic rings. The lowest BCUT2D eigenvalue weighted by Crippen LogP contribution is -2.67. The maximum atomic E-state index is 13.5. The van der Waals surface area contributed by atoms with Crippen LogP contribution in [0.3, 0.4) is 0 Å². The van der Waals surface area contributed by atoms with E-state index in [0.29, 0.717) is 12.8 Å². The molecule has 0 heterocycles. The molecule has 0 amide bonds. The van der Waals surface area contributed by atoms with Crippen molar-refractivity contribution in [1.82, 2.24) is 3.38 Å². The molecule has 3 aliphatic rings. The van der Waals surface area contributed by atoms with Crippen LogP contribution in [0.15, 0.2) is 30.3 Å². The molecule has 3 saturated carbocycles. The fourth-order valence-electron chi connectivity index (χ4n) is 6.21. The summed E-state index contributed by atoms with van der Waals surface area (Å²) < 4.78 is 130. The highest BCUT2D eigenvalue weighted by Crippen LogP contribution is 2.68. The maximum absolute atomic E-state index is 13.5. The highest BCUT2D eigenvalue weighted by atomic mass is 32.3. The first-order valence-electron chi connectivity index (χ1n) is 11.1. The monoisotopic (exact) mass is 565 g/mol. The largest absolute Gasteiger partial charge is 0.512 e. The summed E-state index contributed by atoms with van der Waals surface area (Å²) in [5.41, 5.74) is -12.6. The van der Waals surface area contributed by atoms with Crippen LogP contribution in [0.4, 0.5) is 26.3 Å². The molecule has 5 nitrogen and oxygen atoms in total. The first kappa shape index (κ1) is 28.4. The van der Waals surface area contributed by atoms with Gasteiger partial charge in [-0.05, 0) is 60.0 Å². The van der Waals surface area contributed by atoms with Gasteiger partial charge in [0.25, 0.3) is 0 Å². The van der Waals surface area contributed by atoms with Gasteiger partial charge in [-0.15, -0.1) is 3.38 Å². The highest BCUT2D eigenvalue weighted by molar-refractivity contribution is 8.06. The Morgan fingerprint density at radius 3 is 1.83 bits per heavy atom. The minimum atomic E-state index is -6.82. The molecule has 0 spiro atoms. The molecule has 35 heavy (non-hydrogen) atoms. The zero-order valence-corrected chi connectivity index (χ0v) is 22.3. The van der Waals surface area contributed by atoms with E-state index in [9.17, 15) is 43.2 Å². The van der Waals surface area contributed by atoms with Crippen LogP contribution in [0, 0.1) is 23.2 Å². The van der Waals surface area contributed by atoms with Crippen LogP contribution in [0.2, 0.25) is 18.6 Å². The lowest BCUT2D eigenvalue weighted by molar-refractivity contribution is -0.108. The summed E-state index contributed by atoms with van der Waals surface area (Å²) in [6.45, 7) is 5.97. The van der Waals surface area contributed by atoms with Crippen LogP contribution in [-0.4, -0.2) is 39.5 Å². The summed E-state index contributed by atoms with van der Waals surface area (Å²) in [5.74, 6) is -0.529. The molecule has 3 aliphatic carbocycles. The van der Waals surface area contributed by atoms with E-state index in [1.807, 2.05) is 44.2 Å². The van der Waals surface area contributed by atoms with Crippen molar-refractivity contribution in [2.45, 2.75) is 69.2 Å². The molecule has 200 valence electrons.